The van der Waals surface area contributed by atoms with Crippen LogP contribution in [0, 0.1) is 5.82 Å². The maximum Gasteiger partial charge on any atom is 0.319 e. The molecule has 2 aromatic carbocycles. The molecule has 0 fully saturated rings. The van der Waals surface area contributed by atoms with E-state index in [0.29, 0.717) is 17.7 Å². The number of anilines is 1. The number of halogens is 1. The Balaban J connectivity index is 1.63. The first-order chi connectivity index (χ1) is 15.9. The number of nitrogens with one attached hydrogen (secondary N) is 2. The summed E-state index contributed by atoms with van der Waals surface area (Å²) in [7, 11) is 1.70. The lowest BCUT2D eigenvalue weighted by Gasteiger charge is -2.42. The Labute approximate surface area is 192 Å². The maximum absolute atomic E-state index is 14.7. The Morgan fingerprint density at radius 2 is 1.85 bits per heavy atom. The van der Waals surface area contributed by atoms with Crippen molar-refractivity contribution in [1.29, 1.82) is 0 Å². The quantitative estimate of drug-likeness (QED) is 0.508. The van der Waals surface area contributed by atoms with Crippen LogP contribution < -0.4 is 20.9 Å². The van der Waals surface area contributed by atoms with E-state index in [4.69, 9.17) is 4.74 Å². The van der Waals surface area contributed by atoms with E-state index in [1.807, 2.05) is 6.07 Å². The number of aromatic nitrogens is 1. The van der Waals surface area contributed by atoms with Crippen molar-refractivity contribution in [2.45, 2.75) is 57.6 Å². The standard InChI is InChI=1S/C26H30FN3O3/c1-4-14-26(15-5-2)16-21(18-8-6-9-19(27)24(18)33-26)29-25(32)28-20-10-7-11-22-17(20)12-13-23(31)30(22)3/h6-13,21H,4-5,14-16H2,1-3H3,(H2,28,29,32)/t21-/m1/s1. The van der Waals surface area contributed by atoms with Crippen LogP contribution >= 0.6 is 0 Å². The normalized spacial score (nSPS) is 16.7. The first kappa shape index (κ1) is 22.8. The van der Waals surface area contributed by atoms with E-state index in [1.54, 1.807) is 41.9 Å². The van der Waals surface area contributed by atoms with E-state index in [0.717, 1.165) is 36.6 Å². The minimum Gasteiger partial charge on any atom is -0.484 e. The second-order valence-corrected chi connectivity index (χ2v) is 8.77. The fourth-order valence-corrected chi connectivity index (χ4v) is 4.95. The molecule has 2 amide bonds. The van der Waals surface area contributed by atoms with Gasteiger partial charge in [0.15, 0.2) is 11.6 Å². The molecule has 0 unspecified atom stereocenters. The second-order valence-electron chi connectivity index (χ2n) is 8.77. The molecule has 0 saturated carbocycles. The number of amides is 2. The Bertz CT molecular complexity index is 1230. The highest BCUT2D eigenvalue weighted by Gasteiger charge is 2.41. The lowest BCUT2D eigenvalue weighted by Crippen LogP contribution is -2.46. The summed E-state index contributed by atoms with van der Waals surface area (Å²) < 4.78 is 22.5. The molecule has 0 aliphatic carbocycles. The number of ether oxygens (including phenoxy) is 1. The largest absolute Gasteiger partial charge is 0.484 e. The molecule has 4 rings (SSSR count). The molecule has 1 atom stereocenters. The van der Waals surface area contributed by atoms with Crippen molar-refractivity contribution in [3.8, 4) is 5.75 Å². The summed E-state index contributed by atoms with van der Waals surface area (Å²) >= 11 is 0. The van der Waals surface area contributed by atoms with Crippen LogP contribution in [0.15, 0.2) is 53.3 Å². The lowest BCUT2D eigenvalue weighted by atomic mass is 9.81. The summed E-state index contributed by atoms with van der Waals surface area (Å²) in [5.74, 6) is -0.179. The van der Waals surface area contributed by atoms with E-state index in [-0.39, 0.29) is 23.4 Å². The number of hydrogen-bond donors (Lipinski definition) is 2. The summed E-state index contributed by atoms with van der Waals surface area (Å²) in [4.78, 5) is 25.0. The van der Waals surface area contributed by atoms with Crippen LogP contribution in [0.25, 0.3) is 10.9 Å². The number of nitrogens with zero attached hydrogens (tertiary/aromatic N) is 1. The first-order valence-corrected chi connectivity index (χ1v) is 11.5. The van der Waals surface area contributed by atoms with Gasteiger partial charge in [-0.25, -0.2) is 9.18 Å². The molecule has 33 heavy (non-hydrogen) atoms. The fourth-order valence-electron chi connectivity index (χ4n) is 4.95. The molecule has 1 aromatic heterocycles. The highest BCUT2D eigenvalue weighted by molar-refractivity contribution is 6.00. The minimum absolute atomic E-state index is 0.117. The van der Waals surface area contributed by atoms with Gasteiger partial charge < -0.3 is 19.9 Å². The van der Waals surface area contributed by atoms with Crippen molar-refractivity contribution in [2.75, 3.05) is 5.32 Å². The Morgan fingerprint density at radius 1 is 1.12 bits per heavy atom. The molecule has 0 bridgehead atoms. The van der Waals surface area contributed by atoms with Crippen LogP contribution in [-0.2, 0) is 7.05 Å². The van der Waals surface area contributed by atoms with Gasteiger partial charge in [-0.15, -0.1) is 0 Å². The van der Waals surface area contributed by atoms with E-state index in [9.17, 15) is 14.0 Å². The monoisotopic (exact) mass is 451 g/mol. The van der Waals surface area contributed by atoms with Crippen molar-refractivity contribution in [2.24, 2.45) is 7.05 Å². The van der Waals surface area contributed by atoms with Crippen LogP contribution in [0.4, 0.5) is 14.9 Å². The molecule has 0 spiro atoms. The Kier molecular flexibility index (Phi) is 6.40. The van der Waals surface area contributed by atoms with E-state index in [1.165, 1.54) is 12.1 Å². The number of rotatable bonds is 6. The zero-order valence-corrected chi connectivity index (χ0v) is 19.3. The number of carbonyl (C=O) groups is 1. The average Bonchev–Trinajstić information content (AvgIpc) is 2.78. The minimum atomic E-state index is -0.519. The molecule has 7 heteroatoms. The highest BCUT2D eigenvalue weighted by Crippen LogP contribution is 2.45. The summed E-state index contributed by atoms with van der Waals surface area (Å²) in [6.07, 6.45) is 3.94. The predicted octanol–water partition coefficient (Wildman–Crippen LogP) is 5.66. The maximum atomic E-state index is 14.7. The number of hydrogen-bond acceptors (Lipinski definition) is 3. The number of pyridine rings is 1. The fraction of sp³-hybridized carbons (Fsp3) is 0.385. The molecule has 0 radical (unpaired) electrons. The van der Waals surface area contributed by atoms with Crippen LogP contribution in [0.2, 0.25) is 0 Å². The van der Waals surface area contributed by atoms with E-state index in [2.05, 4.69) is 24.5 Å². The summed E-state index contributed by atoms with van der Waals surface area (Å²) in [5, 5.41) is 6.73. The van der Waals surface area contributed by atoms with Gasteiger partial charge in [-0.2, -0.15) is 0 Å². The molecular formula is C26H30FN3O3. The van der Waals surface area contributed by atoms with Gasteiger partial charge in [0.05, 0.1) is 17.2 Å². The van der Waals surface area contributed by atoms with Gasteiger partial charge >= 0.3 is 6.03 Å². The third-order valence-corrected chi connectivity index (χ3v) is 6.40. The lowest BCUT2D eigenvalue weighted by molar-refractivity contribution is 0.0107. The number of benzene rings is 2. The highest BCUT2D eigenvalue weighted by atomic mass is 19.1. The molecule has 2 heterocycles. The number of urea groups is 1. The zero-order chi connectivity index (χ0) is 23.6. The van der Waals surface area contributed by atoms with Crippen molar-refractivity contribution in [3.05, 3.63) is 70.3 Å². The topological polar surface area (TPSA) is 72.4 Å². The van der Waals surface area contributed by atoms with Crippen LogP contribution in [0.5, 0.6) is 5.75 Å². The van der Waals surface area contributed by atoms with E-state index < -0.39 is 11.4 Å². The van der Waals surface area contributed by atoms with Crippen molar-refractivity contribution in [3.63, 3.8) is 0 Å². The molecule has 174 valence electrons. The molecule has 0 saturated heterocycles. The van der Waals surface area contributed by atoms with Crippen molar-refractivity contribution < 1.29 is 13.9 Å². The van der Waals surface area contributed by atoms with Gasteiger partial charge in [-0.05, 0) is 37.1 Å². The third kappa shape index (κ3) is 4.45. The molecule has 6 nitrogen and oxygen atoms in total. The Hall–Kier alpha value is -3.35. The predicted molar refractivity (Wildman–Crippen MR) is 128 cm³/mol. The molecule has 1 aliphatic heterocycles. The van der Waals surface area contributed by atoms with Gasteiger partial charge in [0.2, 0.25) is 0 Å². The Morgan fingerprint density at radius 3 is 2.58 bits per heavy atom. The first-order valence-electron chi connectivity index (χ1n) is 11.5. The number of para-hydroxylation sites is 1. The van der Waals surface area contributed by atoms with Crippen molar-refractivity contribution in [1.82, 2.24) is 9.88 Å². The molecule has 1 aliphatic rings. The van der Waals surface area contributed by atoms with Gasteiger partial charge in [-0.1, -0.05) is 44.9 Å². The van der Waals surface area contributed by atoms with Crippen LogP contribution in [-0.4, -0.2) is 16.2 Å². The second kappa shape index (κ2) is 9.25. The van der Waals surface area contributed by atoms with Crippen molar-refractivity contribution >= 4 is 22.6 Å². The van der Waals surface area contributed by atoms with Crippen LogP contribution in [0.3, 0.4) is 0 Å². The van der Waals surface area contributed by atoms with Gasteiger partial charge in [0, 0.05) is 30.5 Å². The summed E-state index contributed by atoms with van der Waals surface area (Å²) in [5.41, 5.74) is 1.33. The average molecular weight is 452 g/mol. The SMILES string of the molecule is CCCC1(CCC)C[C@@H](NC(=O)Nc2cccc3c2ccc(=O)n3C)c2cccc(F)c2O1. The van der Waals surface area contributed by atoms with Crippen LogP contribution in [0.1, 0.15) is 57.6 Å². The smallest absolute Gasteiger partial charge is 0.319 e. The summed E-state index contributed by atoms with van der Waals surface area (Å²) in [6, 6.07) is 12.7. The van der Waals surface area contributed by atoms with E-state index >= 15 is 0 Å². The summed E-state index contributed by atoms with van der Waals surface area (Å²) in [6.45, 7) is 4.17. The van der Waals surface area contributed by atoms with Gasteiger partial charge in [0.1, 0.15) is 5.60 Å². The number of fused-ring (bicyclic) bond motifs is 2. The third-order valence-electron chi connectivity index (χ3n) is 6.40. The number of carbonyl (C=O) groups excluding carboxylic acids is 1. The molecule has 2 N–H and O–H groups in total. The van der Waals surface area contributed by atoms with Gasteiger partial charge in [0.25, 0.3) is 5.56 Å². The molecular weight excluding hydrogens is 421 g/mol. The van der Waals surface area contributed by atoms with Gasteiger partial charge in [-0.3, -0.25) is 4.79 Å². The number of aryl methyl sites for hydroxylation is 1. The zero-order valence-electron chi connectivity index (χ0n) is 19.3. The molecule has 3 aromatic rings.